The highest BCUT2D eigenvalue weighted by atomic mass is 32.2. The molecule has 0 aromatic rings. The Hall–Kier alpha value is -0.130. The van der Waals surface area contributed by atoms with Crippen molar-refractivity contribution in [1.82, 2.24) is 0 Å². The van der Waals surface area contributed by atoms with Crippen molar-refractivity contribution < 1.29 is 17.9 Å². The van der Waals surface area contributed by atoms with E-state index in [2.05, 4.69) is 41.5 Å². The molecule has 0 amide bonds. The van der Waals surface area contributed by atoms with Crippen molar-refractivity contribution in [3.8, 4) is 0 Å². The molecule has 0 atom stereocenters. The van der Waals surface area contributed by atoms with Crippen LogP contribution in [0, 0.1) is 17.8 Å². The van der Waals surface area contributed by atoms with E-state index in [-0.39, 0.29) is 0 Å². The van der Waals surface area contributed by atoms with Gasteiger partial charge in [-0.25, -0.2) is 8.42 Å². The van der Waals surface area contributed by atoms with E-state index in [4.69, 9.17) is 13.0 Å². The second-order valence-corrected chi connectivity index (χ2v) is 7.66. The van der Waals surface area contributed by atoms with Crippen LogP contribution < -0.4 is 4.90 Å². The fourth-order valence-corrected chi connectivity index (χ4v) is 1.98. The number of hydrogen-bond acceptors (Lipinski definition) is 3. The number of quaternary nitrogens is 1. The molecule has 0 saturated carbocycles. The lowest BCUT2D eigenvalue weighted by atomic mass is 10.1. The van der Waals surface area contributed by atoms with Crippen molar-refractivity contribution in [3.05, 3.63) is 0 Å². The van der Waals surface area contributed by atoms with Crippen molar-refractivity contribution in [3.63, 3.8) is 0 Å². The topological polar surface area (TPSA) is 61.6 Å². The van der Waals surface area contributed by atoms with Crippen LogP contribution in [0.3, 0.4) is 0 Å². The van der Waals surface area contributed by atoms with Gasteiger partial charge in [-0.1, -0.05) is 41.5 Å². The summed E-state index contributed by atoms with van der Waals surface area (Å²) >= 11 is 0. The second kappa shape index (κ2) is 9.75. The van der Waals surface area contributed by atoms with E-state index in [1.807, 2.05) is 0 Å². The maximum absolute atomic E-state index is 9.08. The van der Waals surface area contributed by atoms with Gasteiger partial charge >= 0.3 is 0 Å². The summed E-state index contributed by atoms with van der Waals surface area (Å²) in [4.78, 5) is 1.78. The van der Waals surface area contributed by atoms with E-state index in [0.717, 1.165) is 17.8 Å². The summed E-state index contributed by atoms with van der Waals surface area (Å²) in [6.45, 7) is 17.9. The predicted octanol–water partition coefficient (Wildman–Crippen LogP) is 1.00. The van der Waals surface area contributed by atoms with E-state index in [1.165, 1.54) is 19.6 Å². The van der Waals surface area contributed by atoms with Crippen LogP contribution >= 0.6 is 0 Å². The molecule has 0 aliphatic heterocycles. The second-order valence-electron chi connectivity index (χ2n) is 6.25. The Morgan fingerprint density at radius 3 is 1.11 bits per heavy atom. The molecule has 112 valence electrons. The Morgan fingerprint density at radius 1 is 0.833 bits per heavy atom. The Kier molecular flexibility index (Phi) is 10.9. The zero-order valence-corrected chi connectivity index (χ0v) is 13.8. The molecular formula is C13H31NO3S. The van der Waals surface area contributed by atoms with E-state index in [1.54, 1.807) is 4.90 Å². The van der Waals surface area contributed by atoms with Gasteiger partial charge in [-0.05, 0) is 0 Å². The Labute approximate surface area is 114 Å². The third kappa shape index (κ3) is 24.9. The van der Waals surface area contributed by atoms with Crippen LogP contribution in [0.2, 0.25) is 0 Å². The molecule has 5 heteroatoms. The van der Waals surface area contributed by atoms with Crippen molar-refractivity contribution in [1.29, 1.82) is 0 Å². The number of nitrogens with one attached hydrogen (secondary N) is 1. The van der Waals surface area contributed by atoms with Crippen molar-refractivity contribution in [2.75, 3.05) is 25.9 Å². The summed E-state index contributed by atoms with van der Waals surface area (Å²) in [5.74, 6) is 2.48. The standard InChI is InChI=1S/C12H27N.CH4O3S/c1-10(2)7-13(8-11(3)4)9-12(5)6;1-5(2,3)4/h10-12H,7-9H2,1-6H3;1H3,(H,2,3,4). The van der Waals surface area contributed by atoms with Gasteiger partial charge in [0.2, 0.25) is 0 Å². The molecule has 0 aromatic heterocycles. The first-order chi connectivity index (χ1) is 7.91. The van der Waals surface area contributed by atoms with Crippen LogP contribution in [-0.2, 0) is 10.1 Å². The Bertz CT molecular complexity index is 253. The van der Waals surface area contributed by atoms with Gasteiger partial charge in [0.25, 0.3) is 0 Å². The lowest BCUT2D eigenvalue weighted by Gasteiger charge is -2.24. The lowest BCUT2D eigenvalue weighted by molar-refractivity contribution is -0.909. The van der Waals surface area contributed by atoms with Gasteiger partial charge in [0.05, 0.1) is 29.8 Å². The highest BCUT2D eigenvalue weighted by Gasteiger charge is 2.13. The van der Waals surface area contributed by atoms with Crippen molar-refractivity contribution in [2.45, 2.75) is 41.5 Å². The van der Waals surface area contributed by atoms with Gasteiger partial charge in [-0.15, -0.1) is 0 Å². The number of rotatable bonds is 6. The minimum atomic E-state index is -3.92. The highest BCUT2D eigenvalue weighted by Crippen LogP contribution is 1.91. The van der Waals surface area contributed by atoms with Gasteiger partial charge in [0.15, 0.2) is 0 Å². The number of hydrogen-bond donors (Lipinski definition) is 1. The van der Waals surface area contributed by atoms with E-state index < -0.39 is 10.1 Å². The summed E-state index contributed by atoms with van der Waals surface area (Å²) in [6, 6.07) is 0. The molecule has 0 radical (unpaired) electrons. The summed E-state index contributed by atoms with van der Waals surface area (Å²) in [5.41, 5.74) is 0. The van der Waals surface area contributed by atoms with Crippen LogP contribution in [0.1, 0.15) is 41.5 Å². The van der Waals surface area contributed by atoms with Gasteiger partial charge in [-0.3, -0.25) is 0 Å². The monoisotopic (exact) mass is 281 g/mol. The minimum Gasteiger partial charge on any atom is -0.748 e. The Balaban J connectivity index is 0. The van der Waals surface area contributed by atoms with Crippen LogP contribution in [0.15, 0.2) is 0 Å². The van der Waals surface area contributed by atoms with Crippen LogP contribution in [0.5, 0.6) is 0 Å². The summed E-state index contributed by atoms with van der Waals surface area (Å²) in [6.07, 6.45) is 0.604. The summed E-state index contributed by atoms with van der Waals surface area (Å²) < 4.78 is 27.2. The Morgan fingerprint density at radius 2 is 1.00 bits per heavy atom. The predicted molar refractivity (Wildman–Crippen MR) is 75.7 cm³/mol. The third-order valence-electron chi connectivity index (χ3n) is 2.09. The average molecular weight is 281 g/mol. The fourth-order valence-electron chi connectivity index (χ4n) is 1.98. The molecule has 0 bridgehead atoms. The molecular weight excluding hydrogens is 250 g/mol. The molecule has 0 aromatic carbocycles. The highest BCUT2D eigenvalue weighted by molar-refractivity contribution is 7.84. The first-order valence-electron chi connectivity index (χ1n) is 6.66. The van der Waals surface area contributed by atoms with Crippen LogP contribution in [0.25, 0.3) is 0 Å². The SMILES string of the molecule is CC(C)C[NH+](CC(C)C)CC(C)C.CS(=O)(=O)[O-]. The zero-order valence-electron chi connectivity index (χ0n) is 13.0. The summed E-state index contributed by atoms with van der Waals surface area (Å²) in [7, 11) is -3.92. The molecule has 0 unspecified atom stereocenters. The smallest absolute Gasteiger partial charge is 0.0916 e. The van der Waals surface area contributed by atoms with Gasteiger partial charge < -0.3 is 9.45 Å². The van der Waals surface area contributed by atoms with E-state index in [0.29, 0.717) is 6.26 Å². The first-order valence-corrected chi connectivity index (χ1v) is 8.47. The van der Waals surface area contributed by atoms with Crippen LogP contribution in [0.4, 0.5) is 0 Å². The van der Waals surface area contributed by atoms with E-state index in [9.17, 15) is 0 Å². The molecule has 0 heterocycles. The molecule has 0 rings (SSSR count). The molecule has 0 fully saturated rings. The normalized spacial score (nSPS) is 12.2. The van der Waals surface area contributed by atoms with Crippen molar-refractivity contribution >= 4 is 10.1 Å². The van der Waals surface area contributed by atoms with Crippen molar-refractivity contribution in [2.24, 2.45) is 17.8 Å². The first kappa shape index (κ1) is 20.2. The minimum absolute atomic E-state index is 0.604. The molecule has 4 nitrogen and oxygen atoms in total. The average Bonchev–Trinajstić information content (AvgIpc) is 1.94. The van der Waals surface area contributed by atoms with Crippen LogP contribution in [-0.4, -0.2) is 38.9 Å². The largest absolute Gasteiger partial charge is 0.748 e. The molecule has 1 N–H and O–H groups in total. The van der Waals surface area contributed by atoms with Gasteiger partial charge in [0, 0.05) is 24.0 Å². The molecule has 0 spiro atoms. The van der Waals surface area contributed by atoms with Gasteiger partial charge in [0.1, 0.15) is 0 Å². The van der Waals surface area contributed by atoms with E-state index >= 15 is 0 Å². The molecule has 0 aliphatic rings. The molecule has 0 aliphatic carbocycles. The third-order valence-corrected chi connectivity index (χ3v) is 2.09. The summed E-state index contributed by atoms with van der Waals surface area (Å²) in [5, 5.41) is 0. The molecule has 0 saturated heterocycles. The molecule has 18 heavy (non-hydrogen) atoms. The maximum atomic E-state index is 9.08. The fraction of sp³-hybridized carbons (Fsp3) is 1.00. The lowest BCUT2D eigenvalue weighted by Crippen LogP contribution is -3.13. The zero-order chi connectivity index (χ0) is 14.9. The maximum Gasteiger partial charge on any atom is 0.0916 e. The quantitative estimate of drug-likeness (QED) is 0.739. The van der Waals surface area contributed by atoms with Gasteiger partial charge in [-0.2, -0.15) is 0 Å².